The molecule has 0 atom stereocenters. The zero-order valence-electron chi connectivity index (χ0n) is 24.1. The monoisotopic (exact) mass is 543 g/mol. The Labute approximate surface area is 243 Å². The van der Waals surface area contributed by atoms with Crippen molar-refractivity contribution < 1.29 is 0 Å². The first-order valence-corrected chi connectivity index (χ1v) is 14.3. The number of rotatable bonds is 3. The maximum absolute atomic E-state index is 5.25. The van der Waals surface area contributed by atoms with Crippen LogP contribution in [0, 0.1) is 27.7 Å². The lowest BCUT2D eigenvalue weighted by Gasteiger charge is -2.14. The van der Waals surface area contributed by atoms with Crippen LogP contribution in [0.25, 0.3) is 66.9 Å². The quantitative estimate of drug-likeness (QED) is 0.223. The summed E-state index contributed by atoms with van der Waals surface area (Å²) in [4.78, 5) is 15.6. The fourth-order valence-electron chi connectivity index (χ4n) is 6.27. The van der Waals surface area contributed by atoms with Crippen LogP contribution >= 0.6 is 0 Å². The lowest BCUT2D eigenvalue weighted by molar-refractivity contribution is 0.892. The molecule has 3 heterocycles. The van der Waals surface area contributed by atoms with Crippen LogP contribution in [-0.4, -0.2) is 24.1 Å². The van der Waals surface area contributed by atoms with Crippen LogP contribution in [0.5, 0.6) is 0 Å². The highest BCUT2D eigenvalue weighted by molar-refractivity contribution is 6.10. The molecule has 0 unspecified atom stereocenters. The number of nitrogens with zero attached hydrogens (tertiary/aromatic N) is 5. The molecule has 0 aliphatic heterocycles. The third-order valence-electron chi connectivity index (χ3n) is 8.51. The molecule has 0 fully saturated rings. The van der Waals surface area contributed by atoms with Crippen molar-refractivity contribution in [3.63, 3.8) is 0 Å². The van der Waals surface area contributed by atoms with E-state index in [2.05, 4.69) is 140 Å². The van der Waals surface area contributed by atoms with E-state index in [1.165, 1.54) is 38.2 Å². The van der Waals surface area contributed by atoms with E-state index in [1.54, 1.807) is 0 Å². The van der Waals surface area contributed by atoms with Crippen molar-refractivity contribution in [3.05, 3.63) is 125 Å². The highest BCUT2D eigenvalue weighted by Gasteiger charge is 2.21. The van der Waals surface area contributed by atoms with E-state index in [0.717, 1.165) is 33.2 Å². The molecule has 5 aromatic carbocycles. The molecule has 5 nitrogen and oxygen atoms in total. The second-order valence-corrected chi connectivity index (χ2v) is 11.3. The molecule has 0 aliphatic carbocycles. The molecule has 0 aliphatic rings. The van der Waals surface area contributed by atoms with Crippen molar-refractivity contribution >= 4 is 43.6 Å². The summed E-state index contributed by atoms with van der Waals surface area (Å²) in [6.45, 7) is 8.55. The predicted molar refractivity (Wildman–Crippen MR) is 173 cm³/mol. The Hall–Kier alpha value is -5.29. The zero-order valence-corrected chi connectivity index (χ0v) is 24.1. The Morgan fingerprint density at radius 3 is 1.50 bits per heavy atom. The molecule has 0 amide bonds. The fraction of sp³-hybridized carbons (Fsp3) is 0.108. The van der Waals surface area contributed by atoms with Crippen molar-refractivity contribution in [1.82, 2.24) is 24.1 Å². The zero-order chi connectivity index (χ0) is 28.5. The summed E-state index contributed by atoms with van der Waals surface area (Å²) in [5, 5.41) is 4.74. The molecule has 0 bridgehead atoms. The predicted octanol–water partition coefficient (Wildman–Crippen LogP) is 8.97. The Morgan fingerprint density at radius 2 is 0.952 bits per heavy atom. The molecule has 3 aromatic heterocycles. The van der Waals surface area contributed by atoms with Gasteiger partial charge >= 0.3 is 0 Å². The van der Waals surface area contributed by atoms with Crippen LogP contribution in [0.3, 0.4) is 0 Å². The highest BCUT2D eigenvalue weighted by atomic mass is 15.3. The highest BCUT2D eigenvalue weighted by Crippen LogP contribution is 2.35. The molecule has 0 N–H and O–H groups in total. The number of fused-ring (bicyclic) bond motifs is 6. The summed E-state index contributed by atoms with van der Waals surface area (Å²) in [5.41, 5.74) is 10.1. The molecule has 8 rings (SSSR count). The fourth-order valence-corrected chi connectivity index (χ4v) is 6.27. The molecule has 8 aromatic rings. The van der Waals surface area contributed by atoms with Crippen LogP contribution in [0.15, 0.2) is 103 Å². The van der Waals surface area contributed by atoms with E-state index in [0.29, 0.717) is 17.7 Å². The lowest BCUT2D eigenvalue weighted by atomic mass is 10.0. The second kappa shape index (κ2) is 9.11. The van der Waals surface area contributed by atoms with E-state index in [9.17, 15) is 0 Å². The van der Waals surface area contributed by atoms with E-state index in [4.69, 9.17) is 15.0 Å². The van der Waals surface area contributed by atoms with Gasteiger partial charge in [-0.3, -0.25) is 9.13 Å². The summed E-state index contributed by atoms with van der Waals surface area (Å²) in [6.07, 6.45) is 0. The number of hydrogen-bond acceptors (Lipinski definition) is 3. The third-order valence-corrected chi connectivity index (χ3v) is 8.51. The van der Waals surface area contributed by atoms with Crippen LogP contribution in [0.2, 0.25) is 0 Å². The van der Waals surface area contributed by atoms with Gasteiger partial charge in [0.2, 0.25) is 11.9 Å². The first-order chi connectivity index (χ1) is 20.5. The normalized spacial score (nSPS) is 11.8. The average Bonchev–Trinajstić information content (AvgIpc) is 3.50. The Balaban J connectivity index is 1.52. The third kappa shape index (κ3) is 3.60. The molecule has 0 spiro atoms. The maximum atomic E-state index is 5.25. The van der Waals surface area contributed by atoms with Gasteiger partial charge < -0.3 is 0 Å². The van der Waals surface area contributed by atoms with Gasteiger partial charge in [0.1, 0.15) is 0 Å². The topological polar surface area (TPSA) is 48.5 Å². The maximum Gasteiger partial charge on any atom is 0.240 e. The van der Waals surface area contributed by atoms with Gasteiger partial charge in [0.15, 0.2) is 5.82 Å². The Morgan fingerprint density at radius 1 is 0.452 bits per heavy atom. The SMILES string of the molecule is Cc1ccc2c(c1)c1cc(C)ccc1n2-c1nc(-c2cccc(C)c2C)nc(-n2c3ccccc3c3ccccc32)n1. The number of aromatic nitrogens is 5. The van der Waals surface area contributed by atoms with Crippen LogP contribution in [-0.2, 0) is 0 Å². The summed E-state index contributed by atoms with van der Waals surface area (Å²) in [6, 6.07) is 36.4. The molecule has 0 saturated heterocycles. The van der Waals surface area contributed by atoms with Gasteiger partial charge in [-0.2, -0.15) is 15.0 Å². The number of hydrogen-bond donors (Lipinski definition) is 0. The van der Waals surface area contributed by atoms with Gasteiger partial charge in [0.25, 0.3) is 0 Å². The molecular formula is C37H29N5. The van der Waals surface area contributed by atoms with Crippen LogP contribution in [0.4, 0.5) is 0 Å². The smallest absolute Gasteiger partial charge is 0.240 e. The number of aryl methyl sites for hydroxylation is 3. The van der Waals surface area contributed by atoms with Crippen molar-refractivity contribution in [1.29, 1.82) is 0 Å². The van der Waals surface area contributed by atoms with E-state index < -0.39 is 0 Å². The van der Waals surface area contributed by atoms with Gasteiger partial charge in [0.05, 0.1) is 22.1 Å². The molecule has 0 radical (unpaired) electrons. The van der Waals surface area contributed by atoms with E-state index >= 15 is 0 Å². The first-order valence-electron chi connectivity index (χ1n) is 14.3. The molecule has 5 heteroatoms. The Kier molecular flexibility index (Phi) is 5.32. The van der Waals surface area contributed by atoms with Gasteiger partial charge in [-0.1, -0.05) is 77.9 Å². The molecule has 42 heavy (non-hydrogen) atoms. The van der Waals surface area contributed by atoms with Gasteiger partial charge in [-0.25, -0.2) is 0 Å². The summed E-state index contributed by atoms with van der Waals surface area (Å²) in [5.74, 6) is 1.86. The molecule has 202 valence electrons. The van der Waals surface area contributed by atoms with Crippen molar-refractivity contribution in [2.45, 2.75) is 27.7 Å². The number of para-hydroxylation sites is 2. The lowest BCUT2D eigenvalue weighted by Crippen LogP contribution is -2.10. The second-order valence-electron chi connectivity index (χ2n) is 11.3. The van der Waals surface area contributed by atoms with Gasteiger partial charge in [-0.05, 0) is 75.2 Å². The Bertz CT molecular complexity index is 2240. The average molecular weight is 544 g/mol. The molecular weight excluding hydrogens is 514 g/mol. The summed E-state index contributed by atoms with van der Waals surface area (Å²) in [7, 11) is 0. The summed E-state index contributed by atoms with van der Waals surface area (Å²) >= 11 is 0. The van der Waals surface area contributed by atoms with E-state index in [1.807, 2.05) is 0 Å². The largest absolute Gasteiger partial charge is 0.278 e. The summed E-state index contributed by atoms with van der Waals surface area (Å²) < 4.78 is 4.36. The van der Waals surface area contributed by atoms with Crippen molar-refractivity contribution in [2.75, 3.05) is 0 Å². The van der Waals surface area contributed by atoms with Crippen molar-refractivity contribution in [2.24, 2.45) is 0 Å². The van der Waals surface area contributed by atoms with Crippen LogP contribution < -0.4 is 0 Å². The van der Waals surface area contributed by atoms with Gasteiger partial charge in [0, 0.05) is 27.1 Å². The molecule has 0 saturated carbocycles. The van der Waals surface area contributed by atoms with Crippen molar-refractivity contribution in [3.8, 4) is 23.3 Å². The minimum absolute atomic E-state index is 0.600. The van der Waals surface area contributed by atoms with Crippen LogP contribution in [0.1, 0.15) is 22.3 Å². The first kappa shape index (κ1) is 24.5. The minimum atomic E-state index is 0.600. The van der Waals surface area contributed by atoms with Gasteiger partial charge in [-0.15, -0.1) is 0 Å². The number of benzene rings is 5. The standard InChI is InChI=1S/C37H29N5/c1-22-16-18-33-29(20-22)30-21-23(2)17-19-34(30)42(33)37-39-35(26-13-9-10-24(3)25(26)4)38-36(40-37)41-31-14-7-5-11-27(31)28-12-6-8-15-32(28)41/h5-21H,1-4H3. The minimum Gasteiger partial charge on any atom is -0.278 e. The van der Waals surface area contributed by atoms with E-state index in [-0.39, 0.29) is 0 Å².